The van der Waals surface area contributed by atoms with E-state index in [1.165, 1.54) is 5.56 Å². The van der Waals surface area contributed by atoms with Crippen LogP contribution in [0.5, 0.6) is 5.75 Å². The van der Waals surface area contributed by atoms with Crippen LogP contribution in [0.25, 0.3) is 0 Å². The van der Waals surface area contributed by atoms with Gasteiger partial charge < -0.3 is 20.3 Å². The van der Waals surface area contributed by atoms with Gasteiger partial charge in [0.15, 0.2) is 6.10 Å². The Labute approximate surface area is 159 Å². The molecule has 2 aromatic carbocycles. The SMILES string of the molecule is CNC(=O)C1CN(CC(=O)Nc2c(C)cc(C)cc2C)c2ccccc2O1. The number of amides is 2. The number of nitrogens with one attached hydrogen (secondary N) is 2. The van der Waals surface area contributed by atoms with Crippen LogP contribution >= 0.6 is 0 Å². The minimum absolute atomic E-state index is 0.127. The van der Waals surface area contributed by atoms with Gasteiger partial charge in [-0.2, -0.15) is 0 Å². The van der Waals surface area contributed by atoms with Crippen LogP contribution in [0.2, 0.25) is 0 Å². The smallest absolute Gasteiger partial charge is 0.262 e. The highest BCUT2D eigenvalue weighted by Gasteiger charge is 2.31. The molecular weight excluding hydrogens is 342 g/mol. The molecule has 0 aromatic heterocycles. The first-order chi connectivity index (χ1) is 12.9. The third-order valence-electron chi connectivity index (χ3n) is 4.68. The number of rotatable bonds is 4. The summed E-state index contributed by atoms with van der Waals surface area (Å²) >= 11 is 0. The topological polar surface area (TPSA) is 70.7 Å². The fourth-order valence-electron chi connectivity index (χ4n) is 3.48. The Morgan fingerprint density at radius 2 is 1.81 bits per heavy atom. The lowest BCUT2D eigenvalue weighted by Gasteiger charge is -2.35. The van der Waals surface area contributed by atoms with Crippen LogP contribution < -0.4 is 20.3 Å². The van der Waals surface area contributed by atoms with Crippen molar-refractivity contribution in [1.82, 2.24) is 5.32 Å². The Kier molecular flexibility index (Phi) is 5.35. The highest BCUT2D eigenvalue weighted by molar-refractivity contribution is 5.96. The van der Waals surface area contributed by atoms with E-state index in [9.17, 15) is 9.59 Å². The van der Waals surface area contributed by atoms with Gasteiger partial charge in [-0.25, -0.2) is 0 Å². The number of ether oxygens (including phenoxy) is 1. The normalized spacial score (nSPS) is 15.6. The minimum Gasteiger partial charge on any atom is -0.477 e. The molecule has 6 nitrogen and oxygen atoms in total. The molecule has 2 amide bonds. The summed E-state index contributed by atoms with van der Waals surface area (Å²) in [5, 5.41) is 5.63. The second-order valence-corrected chi connectivity index (χ2v) is 6.89. The molecule has 2 aromatic rings. The number of anilines is 2. The van der Waals surface area contributed by atoms with Gasteiger partial charge in [0.1, 0.15) is 5.75 Å². The number of benzene rings is 2. The van der Waals surface area contributed by atoms with Gasteiger partial charge >= 0.3 is 0 Å². The molecule has 0 aliphatic carbocycles. The summed E-state index contributed by atoms with van der Waals surface area (Å²) in [4.78, 5) is 26.7. The largest absolute Gasteiger partial charge is 0.477 e. The molecule has 27 heavy (non-hydrogen) atoms. The number of carbonyl (C=O) groups is 2. The lowest BCUT2D eigenvalue weighted by Crippen LogP contribution is -2.50. The zero-order chi connectivity index (χ0) is 19.6. The molecule has 0 fully saturated rings. The maximum atomic E-state index is 12.7. The molecule has 1 atom stereocenters. The van der Waals surface area contributed by atoms with Crippen molar-refractivity contribution in [3.8, 4) is 5.75 Å². The number of nitrogens with zero attached hydrogens (tertiary/aromatic N) is 1. The average molecular weight is 367 g/mol. The van der Waals surface area contributed by atoms with Crippen LogP contribution in [-0.2, 0) is 9.59 Å². The molecule has 0 saturated carbocycles. The summed E-state index contributed by atoms with van der Waals surface area (Å²) in [7, 11) is 1.58. The minimum atomic E-state index is -0.652. The van der Waals surface area contributed by atoms with Gasteiger partial charge in [-0.15, -0.1) is 0 Å². The van der Waals surface area contributed by atoms with E-state index in [0.29, 0.717) is 12.3 Å². The van der Waals surface area contributed by atoms with E-state index in [2.05, 4.69) is 10.6 Å². The molecule has 0 saturated heterocycles. The summed E-state index contributed by atoms with van der Waals surface area (Å²) < 4.78 is 5.78. The molecule has 1 unspecified atom stereocenters. The molecule has 0 bridgehead atoms. The highest BCUT2D eigenvalue weighted by Crippen LogP contribution is 2.33. The van der Waals surface area contributed by atoms with E-state index in [1.54, 1.807) is 7.05 Å². The van der Waals surface area contributed by atoms with Gasteiger partial charge in [-0.1, -0.05) is 29.8 Å². The molecule has 0 radical (unpaired) electrons. The van der Waals surface area contributed by atoms with Crippen molar-refractivity contribution in [2.45, 2.75) is 26.9 Å². The van der Waals surface area contributed by atoms with Crippen LogP contribution in [0.15, 0.2) is 36.4 Å². The summed E-state index contributed by atoms with van der Waals surface area (Å²) in [6.07, 6.45) is -0.652. The monoisotopic (exact) mass is 367 g/mol. The van der Waals surface area contributed by atoms with E-state index in [1.807, 2.05) is 62.1 Å². The van der Waals surface area contributed by atoms with Gasteiger partial charge in [0.2, 0.25) is 5.91 Å². The van der Waals surface area contributed by atoms with Crippen LogP contribution in [0.3, 0.4) is 0 Å². The van der Waals surface area contributed by atoms with Gasteiger partial charge in [0.05, 0.1) is 18.8 Å². The highest BCUT2D eigenvalue weighted by atomic mass is 16.5. The fraction of sp³-hybridized carbons (Fsp3) is 0.333. The zero-order valence-corrected chi connectivity index (χ0v) is 16.1. The Balaban J connectivity index is 1.79. The zero-order valence-electron chi connectivity index (χ0n) is 16.1. The van der Waals surface area contributed by atoms with Crippen molar-refractivity contribution in [3.05, 3.63) is 53.1 Å². The van der Waals surface area contributed by atoms with Crippen molar-refractivity contribution in [2.24, 2.45) is 0 Å². The van der Waals surface area contributed by atoms with Gasteiger partial charge in [0, 0.05) is 12.7 Å². The third-order valence-corrected chi connectivity index (χ3v) is 4.68. The second-order valence-electron chi connectivity index (χ2n) is 6.89. The van der Waals surface area contributed by atoms with E-state index in [0.717, 1.165) is 22.5 Å². The number of hydrogen-bond donors (Lipinski definition) is 2. The predicted octanol–water partition coefficient (Wildman–Crippen LogP) is 2.56. The van der Waals surface area contributed by atoms with Crippen molar-refractivity contribution < 1.29 is 14.3 Å². The number of fused-ring (bicyclic) bond motifs is 1. The molecule has 142 valence electrons. The van der Waals surface area contributed by atoms with Crippen molar-refractivity contribution in [3.63, 3.8) is 0 Å². The van der Waals surface area contributed by atoms with Crippen LogP contribution in [0.1, 0.15) is 16.7 Å². The van der Waals surface area contributed by atoms with E-state index < -0.39 is 6.10 Å². The summed E-state index contributed by atoms with van der Waals surface area (Å²) in [5.41, 5.74) is 4.89. The van der Waals surface area contributed by atoms with Crippen molar-refractivity contribution >= 4 is 23.2 Å². The predicted molar refractivity (Wildman–Crippen MR) is 106 cm³/mol. The first-order valence-corrected chi connectivity index (χ1v) is 8.99. The summed E-state index contributed by atoms with van der Waals surface area (Å²) in [5.74, 6) is 0.269. The Morgan fingerprint density at radius 1 is 1.15 bits per heavy atom. The number of aryl methyl sites for hydroxylation is 3. The van der Waals surface area contributed by atoms with Crippen LogP contribution in [0.4, 0.5) is 11.4 Å². The standard InChI is InChI=1S/C21H25N3O3/c1-13-9-14(2)20(15(3)10-13)23-19(25)12-24-11-18(21(26)22-4)27-17-8-6-5-7-16(17)24/h5-10,18H,11-12H2,1-4H3,(H,22,26)(H,23,25). The van der Waals surface area contributed by atoms with E-state index in [-0.39, 0.29) is 18.4 Å². The lowest BCUT2D eigenvalue weighted by atomic mass is 10.1. The molecule has 0 spiro atoms. The molecule has 3 rings (SSSR count). The number of para-hydroxylation sites is 2. The summed E-state index contributed by atoms with van der Waals surface area (Å²) in [6.45, 7) is 6.47. The molecule has 1 aliphatic heterocycles. The lowest BCUT2D eigenvalue weighted by molar-refractivity contribution is -0.127. The van der Waals surface area contributed by atoms with Gasteiger partial charge in [-0.05, 0) is 44.0 Å². The quantitative estimate of drug-likeness (QED) is 0.871. The maximum absolute atomic E-state index is 12.7. The first-order valence-electron chi connectivity index (χ1n) is 8.99. The Hall–Kier alpha value is -3.02. The Morgan fingerprint density at radius 3 is 2.48 bits per heavy atom. The molecule has 1 aliphatic rings. The van der Waals surface area contributed by atoms with Crippen molar-refractivity contribution in [1.29, 1.82) is 0 Å². The summed E-state index contributed by atoms with van der Waals surface area (Å²) in [6, 6.07) is 11.5. The van der Waals surface area contributed by atoms with E-state index in [4.69, 9.17) is 4.74 Å². The first kappa shape index (κ1) is 18.8. The number of likely N-dealkylation sites (N-methyl/N-ethyl adjacent to an activating group) is 1. The fourth-order valence-corrected chi connectivity index (χ4v) is 3.48. The molecule has 2 N–H and O–H groups in total. The van der Waals surface area contributed by atoms with Crippen LogP contribution in [0, 0.1) is 20.8 Å². The van der Waals surface area contributed by atoms with Gasteiger partial charge in [-0.3, -0.25) is 9.59 Å². The number of hydrogen-bond acceptors (Lipinski definition) is 4. The molecule has 6 heteroatoms. The maximum Gasteiger partial charge on any atom is 0.262 e. The van der Waals surface area contributed by atoms with E-state index >= 15 is 0 Å². The van der Waals surface area contributed by atoms with Crippen LogP contribution in [-0.4, -0.2) is 38.1 Å². The van der Waals surface area contributed by atoms with Gasteiger partial charge in [0.25, 0.3) is 5.91 Å². The molecule has 1 heterocycles. The van der Waals surface area contributed by atoms with Crippen molar-refractivity contribution in [2.75, 3.05) is 30.4 Å². The molecular formula is C21H25N3O3. The average Bonchev–Trinajstić information content (AvgIpc) is 2.63. The Bertz CT molecular complexity index is 856. The number of carbonyl (C=O) groups excluding carboxylic acids is 2. The second kappa shape index (κ2) is 7.70. The third kappa shape index (κ3) is 4.05.